The Morgan fingerprint density at radius 3 is 2.63 bits per heavy atom. The molecule has 6 heteroatoms. The Morgan fingerprint density at radius 1 is 1.37 bits per heavy atom. The predicted molar refractivity (Wildman–Crippen MR) is 71.1 cm³/mol. The summed E-state index contributed by atoms with van der Waals surface area (Å²) >= 11 is 0. The number of aryl methyl sites for hydroxylation is 1. The van der Waals surface area contributed by atoms with Gasteiger partial charge in [-0.25, -0.2) is 4.98 Å². The number of para-hydroxylation sites is 1. The van der Waals surface area contributed by atoms with E-state index in [0.29, 0.717) is 23.2 Å². The van der Waals surface area contributed by atoms with Crippen LogP contribution in [-0.4, -0.2) is 14.9 Å². The first-order valence-corrected chi connectivity index (χ1v) is 5.88. The van der Waals surface area contributed by atoms with Crippen molar-refractivity contribution in [1.29, 1.82) is 0 Å². The third-order valence-electron chi connectivity index (χ3n) is 2.93. The van der Waals surface area contributed by atoms with Gasteiger partial charge < -0.3 is 4.98 Å². The van der Waals surface area contributed by atoms with Crippen LogP contribution in [0.3, 0.4) is 0 Å². The molecule has 0 amide bonds. The maximum absolute atomic E-state index is 11.9. The fourth-order valence-electron chi connectivity index (χ4n) is 1.99. The standard InChI is InChI=1S/C13H13N3O3/c1-3-9-8(2)14-12(15-13(9)17)10-6-4-5-7-11(10)16(18)19/h4-7H,3H2,1-2H3,(H,14,15,17). The molecule has 6 nitrogen and oxygen atoms in total. The Balaban J connectivity index is 2.67. The van der Waals surface area contributed by atoms with E-state index >= 15 is 0 Å². The summed E-state index contributed by atoms with van der Waals surface area (Å²) < 4.78 is 0. The third-order valence-corrected chi connectivity index (χ3v) is 2.93. The number of nitro groups is 1. The van der Waals surface area contributed by atoms with Crippen LogP contribution in [0.2, 0.25) is 0 Å². The largest absolute Gasteiger partial charge is 0.306 e. The second-order valence-electron chi connectivity index (χ2n) is 4.11. The lowest BCUT2D eigenvalue weighted by molar-refractivity contribution is -0.384. The Labute approximate surface area is 109 Å². The molecule has 0 aliphatic carbocycles. The number of nitrogens with zero attached hydrogens (tertiary/aromatic N) is 2. The molecular weight excluding hydrogens is 246 g/mol. The summed E-state index contributed by atoms with van der Waals surface area (Å²) in [5.74, 6) is 0.229. The molecule has 1 aromatic carbocycles. The lowest BCUT2D eigenvalue weighted by Gasteiger charge is -2.06. The van der Waals surface area contributed by atoms with Crippen molar-refractivity contribution in [3.63, 3.8) is 0 Å². The van der Waals surface area contributed by atoms with Crippen LogP contribution >= 0.6 is 0 Å². The molecule has 1 N–H and O–H groups in total. The lowest BCUT2D eigenvalue weighted by atomic mass is 10.1. The summed E-state index contributed by atoms with van der Waals surface area (Å²) in [7, 11) is 0. The molecule has 2 rings (SSSR count). The van der Waals surface area contributed by atoms with Crippen molar-refractivity contribution in [2.24, 2.45) is 0 Å². The van der Waals surface area contributed by atoms with Crippen LogP contribution in [0.25, 0.3) is 11.4 Å². The molecule has 0 bridgehead atoms. The summed E-state index contributed by atoms with van der Waals surface area (Å²) in [5.41, 5.74) is 1.19. The zero-order chi connectivity index (χ0) is 14.0. The molecule has 0 atom stereocenters. The van der Waals surface area contributed by atoms with Gasteiger partial charge in [0.05, 0.1) is 10.5 Å². The van der Waals surface area contributed by atoms with E-state index in [1.165, 1.54) is 6.07 Å². The number of hydrogen-bond donors (Lipinski definition) is 1. The highest BCUT2D eigenvalue weighted by Gasteiger charge is 2.17. The number of hydrogen-bond acceptors (Lipinski definition) is 4. The number of aromatic amines is 1. The van der Waals surface area contributed by atoms with Crippen molar-refractivity contribution < 1.29 is 4.92 Å². The SMILES string of the molecule is CCc1c(C)nc(-c2ccccc2[N+](=O)[O-])[nH]c1=O. The minimum absolute atomic E-state index is 0.0747. The highest BCUT2D eigenvalue weighted by molar-refractivity contribution is 5.67. The van der Waals surface area contributed by atoms with Crippen LogP contribution in [0.15, 0.2) is 29.1 Å². The molecule has 0 fully saturated rings. The van der Waals surface area contributed by atoms with Crippen LogP contribution in [0, 0.1) is 17.0 Å². The summed E-state index contributed by atoms with van der Waals surface area (Å²) in [6, 6.07) is 6.21. The minimum atomic E-state index is -0.488. The molecule has 1 aromatic heterocycles. The average molecular weight is 259 g/mol. The molecule has 2 aromatic rings. The van der Waals surface area contributed by atoms with E-state index in [9.17, 15) is 14.9 Å². The summed E-state index contributed by atoms with van der Waals surface area (Å²) in [6.45, 7) is 3.59. The molecular formula is C13H13N3O3. The van der Waals surface area contributed by atoms with Gasteiger partial charge in [0, 0.05) is 17.3 Å². The van der Waals surface area contributed by atoms with E-state index in [0.717, 1.165) is 0 Å². The van der Waals surface area contributed by atoms with E-state index in [1.54, 1.807) is 25.1 Å². The lowest BCUT2D eigenvalue weighted by Crippen LogP contribution is -2.17. The second kappa shape index (κ2) is 5.01. The maximum Gasteiger partial charge on any atom is 0.280 e. The zero-order valence-corrected chi connectivity index (χ0v) is 10.6. The zero-order valence-electron chi connectivity index (χ0n) is 10.6. The highest BCUT2D eigenvalue weighted by Crippen LogP contribution is 2.26. The monoisotopic (exact) mass is 259 g/mol. The fraction of sp³-hybridized carbons (Fsp3) is 0.231. The van der Waals surface area contributed by atoms with Gasteiger partial charge in [0.25, 0.3) is 11.2 Å². The molecule has 1 heterocycles. The van der Waals surface area contributed by atoms with E-state index in [1.807, 2.05) is 6.92 Å². The van der Waals surface area contributed by atoms with E-state index < -0.39 is 4.92 Å². The van der Waals surface area contributed by atoms with Gasteiger partial charge in [-0.3, -0.25) is 14.9 Å². The number of H-pyrrole nitrogens is 1. The van der Waals surface area contributed by atoms with Crippen LogP contribution in [-0.2, 0) is 6.42 Å². The van der Waals surface area contributed by atoms with Gasteiger partial charge in [-0.2, -0.15) is 0 Å². The quantitative estimate of drug-likeness (QED) is 0.676. The molecule has 0 radical (unpaired) electrons. The van der Waals surface area contributed by atoms with Gasteiger partial charge in [-0.05, 0) is 19.4 Å². The molecule has 0 saturated heterocycles. The van der Waals surface area contributed by atoms with Gasteiger partial charge in [0.15, 0.2) is 0 Å². The van der Waals surface area contributed by atoms with Gasteiger partial charge >= 0.3 is 0 Å². The Morgan fingerprint density at radius 2 is 2.05 bits per heavy atom. The molecule has 0 unspecified atom stereocenters. The van der Waals surface area contributed by atoms with Crippen LogP contribution < -0.4 is 5.56 Å². The van der Waals surface area contributed by atoms with Crippen LogP contribution in [0.1, 0.15) is 18.2 Å². The molecule has 0 aliphatic heterocycles. The Bertz CT molecular complexity index is 692. The van der Waals surface area contributed by atoms with E-state index in [-0.39, 0.29) is 17.1 Å². The third kappa shape index (κ3) is 2.37. The molecule has 0 saturated carbocycles. The van der Waals surface area contributed by atoms with Gasteiger partial charge in [-0.1, -0.05) is 19.1 Å². The first-order chi connectivity index (χ1) is 9.04. The number of nitro benzene ring substituents is 1. The minimum Gasteiger partial charge on any atom is -0.306 e. The Hall–Kier alpha value is -2.50. The van der Waals surface area contributed by atoms with E-state index in [4.69, 9.17) is 0 Å². The van der Waals surface area contributed by atoms with Crippen molar-refractivity contribution in [2.75, 3.05) is 0 Å². The summed E-state index contributed by atoms with van der Waals surface area (Å²) in [6.07, 6.45) is 0.575. The summed E-state index contributed by atoms with van der Waals surface area (Å²) in [4.78, 5) is 29.2. The van der Waals surface area contributed by atoms with Crippen molar-refractivity contribution in [3.05, 3.63) is 56.0 Å². The number of rotatable bonds is 3. The molecule has 0 aliphatic rings. The maximum atomic E-state index is 11.9. The number of nitrogens with one attached hydrogen (secondary N) is 1. The van der Waals surface area contributed by atoms with Gasteiger partial charge in [0.1, 0.15) is 5.82 Å². The van der Waals surface area contributed by atoms with Gasteiger partial charge in [0.2, 0.25) is 0 Å². The number of benzene rings is 1. The fourth-order valence-corrected chi connectivity index (χ4v) is 1.99. The first kappa shape index (κ1) is 12.9. The van der Waals surface area contributed by atoms with E-state index in [2.05, 4.69) is 9.97 Å². The van der Waals surface area contributed by atoms with Crippen molar-refractivity contribution in [3.8, 4) is 11.4 Å². The van der Waals surface area contributed by atoms with Crippen molar-refractivity contribution in [2.45, 2.75) is 20.3 Å². The molecule has 19 heavy (non-hydrogen) atoms. The van der Waals surface area contributed by atoms with Crippen LogP contribution in [0.4, 0.5) is 5.69 Å². The Kier molecular flexibility index (Phi) is 3.41. The smallest absolute Gasteiger partial charge is 0.280 e. The van der Waals surface area contributed by atoms with Crippen molar-refractivity contribution in [1.82, 2.24) is 9.97 Å². The highest BCUT2D eigenvalue weighted by atomic mass is 16.6. The predicted octanol–water partition coefficient (Wildman–Crippen LogP) is 2.22. The molecule has 98 valence electrons. The molecule has 0 spiro atoms. The number of aromatic nitrogens is 2. The van der Waals surface area contributed by atoms with Gasteiger partial charge in [-0.15, -0.1) is 0 Å². The van der Waals surface area contributed by atoms with Crippen LogP contribution in [0.5, 0.6) is 0 Å². The van der Waals surface area contributed by atoms with Crippen molar-refractivity contribution >= 4 is 5.69 Å². The topological polar surface area (TPSA) is 88.9 Å². The normalized spacial score (nSPS) is 10.4. The average Bonchev–Trinajstić information content (AvgIpc) is 2.38. The second-order valence-corrected chi connectivity index (χ2v) is 4.11. The summed E-state index contributed by atoms with van der Waals surface area (Å²) in [5, 5.41) is 11.0. The first-order valence-electron chi connectivity index (χ1n) is 5.88.